The van der Waals surface area contributed by atoms with E-state index in [2.05, 4.69) is 4.98 Å². The summed E-state index contributed by atoms with van der Waals surface area (Å²) in [5.74, 6) is -1.25. The maximum absolute atomic E-state index is 13.6. The van der Waals surface area contributed by atoms with Crippen molar-refractivity contribution in [1.82, 2.24) is 9.55 Å². The molecule has 0 radical (unpaired) electrons. The summed E-state index contributed by atoms with van der Waals surface area (Å²) in [6.07, 6.45) is -2.82. The second kappa shape index (κ2) is 10.9. The standard InChI is InChI=1S/C21H26ClN2O9PS/c1-12(18(27)30-3)11-34(29,33-14-6-4-13(22)5-7-14)31-10-15-17(26)21(2,28)19(32-15)24-9-8-16(25)23-20(24)35/h4-9,12,15,17,19,26,28H,10-11H2,1-3H3,(H,23,25,35)/t12-,15-,17+,19-,21?,34?/m1/s1. The number of benzene rings is 1. The summed E-state index contributed by atoms with van der Waals surface area (Å²) < 4.78 is 36.6. The van der Waals surface area contributed by atoms with Gasteiger partial charge in [-0.2, -0.15) is 0 Å². The number of hydrogen-bond acceptors (Lipinski definition) is 10. The molecule has 0 saturated carbocycles. The first-order chi connectivity index (χ1) is 16.4. The van der Waals surface area contributed by atoms with Gasteiger partial charge in [0.2, 0.25) is 0 Å². The average molecular weight is 549 g/mol. The highest BCUT2D eigenvalue weighted by Crippen LogP contribution is 2.51. The SMILES string of the molecule is COC(=O)[C@H](C)CP(=O)(OC[C@H]1O[C@@H](n2ccc(=O)[nH]c2=S)C(C)(O)[C@H]1O)Oc1ccc(Cl)cc1. The Labute approximate surface area is 211 Å². The van der Waals surface area contributed by atoms with Gasteiger partial charge in [0.15, 0.2) is 11.0 Å². The number of rotatable bonds is 9. The van der Waals surface area contributed by atoms with Crippen LogP contribution in [0.1, 0.15) is 20.1 Å². The fraction of sp³-hybridized carbons (Fsp3) is 0.476. The van der Waals surface area contributed by atoms with Crippen LogP contribution in [0.25, 0.3) is 0 Å². The lowest BCUT2D eigenvalue weighted by Gasteiger charge is -2.28. The van der Waals surface area contributed by atoms with E-state index in [1.165, 1.54) is 62.1 Å². The van der Waals surface area contributed by atoms with E-state index in [-0.39, 0.29) is 16.7 Å². The number of carbonyl (C=O) groups excluding carboxylic acids is 1. The largest absolute Gasteiger partial charge is 0.469 e. The molecule has 2 unspecified atom stereocenters. The maximum atomic E-state index is 13.6. The lowest BCUT2D eigenvalue weighted by Crippen LogP contribution is -2.44. The van der Waals surface area contributed by atoms with Crippen molar-refractivity contribution >= 4 is 37.4 Å². The van der Waals surface area contributed by atoms with Gasteiger partial charge < -0.3 is 24.2 Å². The van der Waals surface area contributed by atoms with Crippen molar-refractivity contribution in [3.05, 3.63) is 56.7 Å². The number of H-pyrrole nitrogens is 1. The summed E-state index contributed by atoms with van der Waals surface area (Å²) in [6.45, 7) is 2.38. The Bertz CT molecular complexity index is 1220. The molecule has 11 nitrogen and oxygen atoms in total. The van der Waals surface area contributed by atoms with Crippen LogP contribution in [0.4, 0.5) is 0 Å². The fourth-order valence-corrected chi connectivity index (χ4v) is 5.81. The van der Waals surface area contributed by atoms with Crippen molar-refractivity contribution in [1.29, 1.82) is 0 Å². The first-order valence-electron chi connectivity index (χ1n) is 10.5. The molecule has 1 aromatic carbocycles. The maximum Gasteiger partial charge on any atom is 0.380 e. The van der Waals surface area contributed by atoms with E-state index in [1.54, 1.807) is 0 Å². The number of esters is 1. The molecule has 6 atom stereocenters. The third-order valence-corrected chi connectivity index (χ3v) is 8.04. The van der Waals surface area contributed by atoms with Gasteiger partial charge in [0, 0.05) is 17.3 Å². The summed E-state index contributed by atoms with van der Waals surface area (Å²) in [4.78, 5) is 25.8. The van der Waals surface area contributed by atoms with Crippen molar-refractivity contribution in [2.75, 3.05) is 19.9 Å². The van der Waals surface area contributed by atoms with Gasteiger partial charge in [-0.15, -0.1) is 0 Å². The predicted molar refractivity (Wildman–Crippen MR) is 128 cm³/mol. The number of aromatic amines is 1. The fourth-order valence-electron chi connectivity index (χ4n) is 3.56. The topological polar surface area (TPSA) is 149 Å². The van der Waals surface area contributed by atoms with Crippen molar-refractivity contribution < 1.29 is 38.1 Å². The van der Waals surface area contributed by atoms with Crippen LogP contribution in [-0.4, -0.2) is 63.4 Å². The Kier molecular flexibility index (Phi) is 8.59. The van der Waals surface area contributed by atoms with Crippen LogP contribution >= 0.6 is 31.4 Å². The van der Waals surface area contributed by atoms with Crippen LogP contribution in [0.2, 0.25) is 5.02 Å². The van der Waals surface area contributed by atoms with Crippen LogP contribution in [0.5, 0.6) is 5.75 Å². The molecule has 3 N–H and O–H groups in total. The predicted octanol–water partition coefficient (Wildman–Crippen LogP) is 2.67. The van der Waals surface area contributed by atoms with E-state index >= 15 is 0 Å². The molecule has 2 heterocycles. The van der Waals surface area contributed by atoms with Crippen LogP contribution in [0.3, 0.4) is 0 Å². The average Bonchev–Trinajstić information content (AvgIpc) is 3.02. The first-order valence-corrected chi connectivity index (χ1v) is 13.0. The van der Waals surface area contributed by atoms with Gasteiger partial charge in [0.25, 0.3) is 5.56 Å². The Morgan fingerprint density at radius 2 is 2.03 bits per heavy atom. The summed E-state index contributed by atoms with van der Waals surface area (Å²) in [6, 6.07) is 7.23. The molecule has 1 fully saturated rings. The molecule has 3 rings (SSSR count). The number of aromatic nitrogens is 2. The molecular formula is C21H26ClN2O9PS. The number of ether oxygens (including phenoxy) is 2. The zero-order chi connectivity index (χ0) is 26.0. The summed E-state index contributed by atoms with van der Waals surface area (Å²) in [5.41, 5.74) is -2.28. The van der Waals surface area contributed by atoms with E-state index < -0.39 is 55.7 Å². The zero-order valence-electron chi connectivity index (χ0n) is 19.1. The number of nitrogens with zero attached hydrogens (tertiary/aromatic N) is 1. The normalized spacial score (nSPS) is 26.6. The molecule has 0 aliphatic carbocycles. The minimum atomic E-state index is -4.00. The van der Waals surface area contributed by atoms with Crippen LogP contribution in [0.15, 0.2) is 41.3 Å². The Balaban J connectivity index is 1.81. The Morgan fingerprint density at radius 3 is 2.63 bits per heavy atom. The van der Waals surface area contributed by atoms with Crippen molar-refractivity contribution in [2.24, 2.45) is 5.92 Å². The monoisotopic (exact) mass is 548 g/mol. The number of nitrogens with one attached hydrogen (secondary N) is 1. The summed E-state index contributed by atoms with van der Waals surface area (Å²) in [5, 5.41) is 22.1. The lowest BCUT2D eigenvalue weighted by atomic mass is 9.96. The number of hydrogen-bond donors (Lipinski definition) is 3. The molecule has 1 saturated heterocycles. The third-order valence-electron chi connectivity index (χ3n) is 5.45. The van der Waals surface area contributed by atoms with Gasteiger partial charge in [-0.05, 0) is 43.4 Å². The van der Waals surface area contributed by atoms with Crippen molar-refractivity contribution in [3.63, 3.8) is 0 Å². The van der Waals surface area contributed by atoms with E-state index in [4.69, 9.17) is 42.3 Å². The highest BCUT2D eigenvalue weighted by Gasteiger charge is 2.53. The van der Waals surface area contributed by atoms with Crippen LogP contribution in [-0.2, 0) is 23.4 Å². The van der Waals surface area contributed by atoms with Gasteiger partial charge in [0.05, 0.1) is 25.8 Å². The number of carbonyl (C=O) groups is 1. The number of methoxy groups -OCH3 is 1. The number of aliphatic hydroxyl groups is 2. The van der Waals surface area contributed by atoms with E-state index in [1.807, 2.05) is 0 Å². The Morgan fingerprint density at radius 1 is 1.37 bits per heavy atom. The number of halogens is 1. The molecule has 192 valence electrons. The third kappa shape index (κ3) is 6.39. The van der Waals surface area contributed by atoms with Gasteiger partial charge in [-0.25, -0.2) is 4.57 Å². The lowest BCUT2D eigenvalue weighted by molar-refractivity contribution is -0.144. The van der Waals surface area contributed by atoms with Gasteiger partial charge in [0.1, 0.15) is 23.6 Å². The number of aliphatic hydroxyl groups excluding tert-OH is 1. The van der Waals surface area contributed by atoms with E-state index in [9.17, 15) is 24.4 Å². The molecule has 0 bridgehead atoms. The van der Waals surface area contributed by atoms with E-state index in [0.717, 1.165) is 0 Å². The van der Waals surface area contributed by atoms with Crippen LogP contribution in [0, 0.1) is 10.7 Å². The summed E-state index contributed by atoms with van der Waals surface area (Å²) in [7, 11) is -2.79. The molecule has 1 aromatic heterocycles. The van der Waals surface area contributed by atoms with Crippen molar-refractivity contribution in [2.45, 2.75) is 37.9 Å². The molecule has 1 aliphatic heterocycles. The molecule has 1 aliphatic rings. The molecule has 0 spiro atoms. The molecule has 0 amide bonds. The Hall–Kier alpha value is -2.05. The minimum absolute atomic E-state index is 0.0276. The van der Waals surface area contributed by atoms with Crippen LogP contribution < -0.4 is 10.1 Å². The second-order valence-corrected chi connectivity index (χ2v) is 11.1. The van der Waals surface area contributed by atoms with Gasteiger partial charge in [-0.1, -0.05) is 18.5 Å². The molecular weight excluding hydrogens is 523 g/mol. The molecule has 35 heavy (non-hydrogen) atoms. The van der Waals surface area contributed by atoms with Crippen molar-refractivity contribution in [3.8, 4) is 5.75 Å². The second-order valence-electron chi connectivity index (χ2n) is 8.27. The quantitative estimate of drug-likeness (QED) is 0.242. The highest BCUT2D eigenvalue weighted by molar-refractivity contribution is 7.71. The van der Waals surface area contributed by atoms with Gasteiger partial charge >= 0.3 is 13.6 Å². The minimum Gasteiger partial charge on any atom is -0.469 e. The molecule has 14 heteroatoms. The van der Waals surface area contributed by atoms with Gasteiger partial charge in [-0.3, -0.25) is 23.7 Å². The first kappa shape index (κ1) is 27.5. The zero-order valence-corrected chi connectivity index (χ0v) is 21.6. The molecule has 2 aromatic rings. The van der Waals surface area contributed by atoms with E-state index in [0.29, 0.717) is 5.02 Å². The summed E-state index contributed by atoms with van der Waals surface area (Å²) >= 11 is 11.0. The highest BCUT2D eigenvalue weighted by atomic mass is 35.5. The smallest absolute Gasteiger partial charge is 0.380 e.